The summed E-state index contributed by atoms with van der Waals surface area (Å²) in [6, 6.07) is 10.1. The highest BCUT2D eigenvalue weighted by Gasteiger charge is 2.24. The molecule has 0 spiro atoms. The standard InChI is InChI=1S/C22H31N3O2/c1-17-20(10-12-23-17)22(26)24(2)15-18-7-6-13-25(16-18)14-11-19-8-4-5-9-21(19)27-3/h4-5,8-10,12,18,23H,6-7,11,13-16H2,1-3H3/t18-/m0/s1. The minimum absolute atomic E-state index is 0.111. The predicted octanol–water partition coefficient (Wildman–Crippen LogP) is 3.36. The molecular formula is C22H31N3O2. The Morgan fingerprint density at radius 2 is 2.15 bits per heavy atom. The zero-order chi connectivity index (χ0) is 19.2. The largest absolute Gasteiger partial charge is 0.496 e. The molecule has 2 heterocycles. The quantitative estimate of drug-likeness (QED) is 0.814. The average molecular weight is 370 g/mol. The third-order valence-corrected chi connectivity index (χ3v) is 5.56. The number of para-hydroxylation sites is 1. The summed E-state index contributed by atoms with van der Waals surface area (Å²) < 4.78 is 5.47. The molecule has 0 aliphatic carbocycles. The lowest BCUT2D eigenvalue weighted by Crippen LogP contribution is -2.42. The molecule has 1 aromatic heterocycles. The first-order valence-electron chi connectivity index (χ1n) is 9.82. The van der Waals surface area contributed by atoms with Crippen LogP contribution >= 0.6 is 0 Å². The van der Waals surface area contributed by atoms with Gasteiger partial charge in [0.2, 0.25) is 0 Å². The van der Waals surface area contributed by atoms with Crippen molar-refractivity contribution in [2.45, 2.75) is 26.2 Å². The van der Waals surface area contributed by atoms with Gasteiger partial charge in [0.25, 0.3) is 5.91 Å². The molecule has 146 valence electrons. The van der Waals surface area contributed by atoms with Crippen LogP contribution in [0.25, 0.3) is 0 Å². The number of H-pyrrole nitrogens is 1. The Labute approximate surface area is 162 Å². The maximum atomic E-state index is 12.6. The molecule has 1 fully saturated rings. The Kier molecular flexibility index (Phi) is 6.56. The lowest BCUT2D eigenvalue weighted by atomic mass is 9.96. The number of benzene rings is 1. The number of rotatable bonds is 7. The smallest absolute Gasteiger partial charge is 0.255 e. The first-order valence-corrected chi connectivity index (χ1v) is 9.82. The highest BCUT2D eigenvalue weighted by molar-refractivity contribution is 5.95. The van der Waals surface area contributed by atoms with E-state index in [0.717, 1.165) is 49.6 Å². The number of amides is 1. The van der Waals surface area contributed by atoms with Crippen molar-refractivity contribution in [1.82, 2.24) is 14.8 Å². The number of aryl methyl sites for hydroxylation is 1. The van der Waals surface area contributed by atoms with Crippen molar-refractivity contribution in [3.8, 4) is 5.75 Å². The number of hydrogen-bond donors (Lipinski definition) is 1. The van der Waals surface area contributed by atoms with E-state index in [-0.39, 0.29) is 5.91 Å². The van der Waals surface area contributed by atoms with E-state index in [4.69, 9.17) is 4.74 Å². The number of aromatic nitrogens is 1. The number of likely N-dealkylation sites (tertiary alicyclic amines) is 1. The van der Waals surface area contributed by atoms with Gasteiger partial charge < -0.3 is 19.5 Å². The van der Waals surface area contributed by atoms with E-state index in [9.17, 15) is 4.79 Å². The lowest BCUT2D eigenvalue weighted by molar-refractivity contribution is 0.0730. The fourth-order valence-corrected chi connectivity index (χ4v) is 4.05. The van der Waals surface area contributed by atoms with Gasteiger partial charge in [-0.2, -0.15) is 0 Å². The Balaban J connectivity index is 1.52. The lowest BCUT2D eigenvalue weighted by Gasteiger charge is -2.34. The molecule has 1 saturated heterocycles. The first kappa shape index (κ1) is 19.5. The van der Waals surface area contributed by atoms with E-state index in [0.29, 0.717) is 5.92 Å². The van der Waals surface area contributed by atoms with E-state index in [1.807, 2.05) is 43.3 Å². The third-order valence-electron chi connectivity index (χ3n) is 5.56. The van der Waals surface area contributed by atoms with Crippen LogP contribution in [0.3, 0.4) is 0 Å². The van der Waals surface area contributed by atoms with Crippen LogP contribution < -0.4 is 4.74 Å². The summed E-state index contributed by atoms with van der Waals surface area (Å²) in [4.78, 5) is 20.1. The molecule has 0 unspecified atom stereocenters. The summed E-state index contributed by atoms with van der Waals surface area (Å²) in [6.45, 7) is 5.99. The van der Waals surface area contributed by atoms with Crippen molar-refractivity contribution in [3.05, 3.63) is 53.3 Å². The molecule has 1 aliphatic rings. The maximum Gasteiger partial charge on any atom is 0.255 e. The van der Waals surface area contributed by atoms with Crippen molar-refractivity contribution in [2.75, 3.05) is 40.3 Å². The van der Waals surface area contributed by atoms with Crippen molar-refractivity contribution >= 4 is 5.91 Å². The first-order chi connectivity index (χ1) is 13.1. The Hall–Kier alpha value is -2.27. The minimum atomic E-state index is 0.111. The van der Waals surface area contributed by atoms with Crippen LogP contribution in [0.2, 0.25) is 0 Å². The average Bonchev–Trinajstić information content (AvgIpc) is 3.12. The number of hydrogen-bond acceptors (Lipinski definition) is 3. The van der Waals surface area contributed by atoms with Gasteiger partial charge in [-0.05, 0) is 56.3 Å². The van der Waals surface area contributed by atoms with E-state index >= 15 is 0 Å². The molecule has 5 heteroatoms. The van der Waals surface area contributed by atoms with Gasteiger partial charge in [-0.25, -0.2) is 0 Å². The van der Waals surface area contributed by atoms with E-state index in [2.05, 4.69) is 22.0 Å². The monoisotopic (exact) mass is 369 g/mol. The summed E-state index contributed by atoms with van der Waals surface area (Å²) in [5, 5.41) is 0. The van der Waals surface area contributed by atoms with Crippen molar-refractivity contribution in [1.29, 1.82) is 0 Å². The molecular weight excluding hydrogens is 338 g/mol. The molecule has 0 radical (unpaired) electrons. The van der Waals surface area contributed by atoms with Crippen LogP contribution in [0.4, 0.5) is 0 Å². The number of methoxy groups -OCH3 is 1. The number of carbonyl (C=O) groups excluding carboxylic acids is 1. The molecule has 1 amide bonds. The molecule has 0 bridgehead atoms. The fourth-order valence-electron chi connectivity index (χ4n) is 4.05. The Morgan fingerprint density at radius 1 is 1.33 bits per heavy atom. The van der Waals surface area contributed by atoms with Gasteiger partial charge in [-0.15, -0.1) is 0 Å². The van der Waals surface area contributed by atoms with E-state index in [1.54, 1.807) is 7.11 Å². The zero-order valence-electron chi connectivity index (χ0n) is 16.7. The second-order valence-corrected chi connectivity index (χ2v) is 7.57. The molecule has 5 nitrogen and oxygen atoms in total. The fraction of sp³-hybridized carbons (Fsp3) is 0.500. The molecule has 1 aliphatic heterocycles. The van der Waals surface area contributed by atoms with E-state index < -0.39 is 0 Å². The molecule has 2 aromatic rings. The normalized spacial score (nSPS) is 17.7. The van der Waals surface area contributed by atoms with E-state index in [1.165, 1.54) is 18.4 Å². The van der Waals surface area contributed by atoms with Crippen LogP contribution in [0.1, 0.15) is 34.5 Å². The number of nitrogens with one attached hydrogen (secondary N) is 1. The second kappa shape index (κ2) is 9.09. The summed E-state index contributed by atoms with van der Waals surface area (Å²) in [5.74, 6) is 1.61. The minimum Gasteiger partial charge on any atom is -0.496 e. The van der Waals surface area contributed by atoms with Gasteiger partial charge in [-0.1, -0.05) is 18.2 Å². The van der Waals surface area contributed by atoms with Crippen LogP contribution in [0.5, 0.6) is 5.75 Å². The predicted molar refractivity (Wildman–Crippen MR) is 108 cm³/mol. The Morgan fingerprint density at radius 3 is 2.89 bits per heavy atom. The molecule has 1 atom stereocenters. The summed E-state index contributed by atoms with van der Waals surface area (Å²) in [5.41, 5.74) is 2.98. The number of nitrogens with zero attached hydrogens (tertiary/aromatic N) is 2. The summed E-state index contributed by atoms with van der Waals surface area (Å²) in [6.07, 6.45) is 5.21. The van der Waals surface area contributed by atoms with Gasteiger partial charge >= 0.3 is 0 Å². The number of carbonyl (C=O) groups is 1. The highest BCUT2D eigenvalue weighted by Crippen LogP contribution is 2.21. The van der Waals surface area contributed by atoms with Gasteiger partial charge in [-0.3, -0.25) is 4.79 Å². The van der Waals surface area contributed by atoms with Crippen LogP contribution in [0, 0.1) is 12.8 Å². The molecule has 1 aromatic carbocycles. The topological polar surface area (TPSA) is 48.6 Å². The molecule has 27 heavy (non-hydrogen) atoms. The highest BCUT2D eigenvalue weighted by atomic mass is 16.5. The summed E-state index contributed by atoms with van der Waals surface area (Å²) >= 11 is 0. The number of ether oxygens (including phenoxy) is 1. The van der Waals surface area contributed by atoms with Gasteiger partial charge in [0.15, 0.2) is 0 Å². The Bertz CT molecular complexity index is 756. The SMILES string of the molecule is COc1ccccc1CCN1CCC[C@@H](CN(C)C(=O)c2cc[nH]c2C)C1. The molecule has 3 rings (SSSR count). The van der Waals surface area contributed by atoms with Crippen LogP contribution in [0.15, 0.2) is 36.5 Å². The van der Waals surface area contributed by atoms with Crippen molar-refractivity contribution in [2.24, 2.45) is 5.92 Å². The number of piperidine rings is 1. The molecule has 1 N–H and O–H groups in total. The van der Waals surface area contributed by atoms with Crippen molar-refractivity contribution < 1.29 is 9.53 Å². The van der Waals surface area contributed by atoms with Crippen LogP contribution in [-0.2, 0) is 6.42 Å². The maximum absolute atomic E-state index is 12.6. The second-order valence-electron chi connectivity index (χ2n) is 7.57. The van der Waals surface area contributed by atoms with Gasteiger partial charge in [0, 0.05) is 38.6 Å². The van der Waals surface area contributed by atoms with Crippen molar-refractivity contribution in [3.63, 3.8) is 0 Å². The third kappa shape index (κ3) is 4.92. The summed E-state index contributed by atoms with van der Waals surface area (Å²) in [7, 11) is 3.65. The van der Waals surface area contributed by atoms with Gasteiger partial charge in [0.1, 0.15) is 5.75 Å². The van der Waals surface area contributed by atoms with Gasteiger partial charge in [0.05, 0.1) is 12.7 Å². The van der Waals surface area contributed by atoms with Crippen LogP contribution in [-0.4, -0.2) is 61.0 Å². The zero-order valence-corrected chi connectivity index (χ0v) is 16.7. The number of aromatic amines is 1. The molecule has 0 saturated carbocycles.